The summed E-state index contributed by atoms with van der Waals surface area (Å²) in [5.41, 5.74) is 3.37. The van der Waals surface area contributed by atoms with Crippen LogP contribution in [0, 0.1) is 12.8 Å². The van der Waals surface area contributed by atoms with Crippen LogP contribution < -0.4 is 9.64 Å². The molecule has 3 aliphatic rings. The van der Waals surface area contributed by atoms with Crippen LogP contribution in [0.4, 0.5) is 10.6 Å². The number of carbonyl (C=O) groups excluding carboxylic acids is 2. The van der Waals surface area contributed by atoms with Crippen LogP contribution in [0.5, 0.6) is 5.75 Å². The van der Waals surface area contributed by atoms with Crippen molar-refractivity contribution in [1.29, 1.82) is 0 Å². The molecule has 1 N–H and O–H groups in total. The second kappa shape index (κ2) is 9.75. The summed E-state index contributed by atoms with van der Waals surface area (Å²) in [6.45, 7) is 5.20. The van der Waals surface area contributed by atoms with Crippen LogP contribution in [0.3, 0.4) is 0 Å². The van der Waals surface area contributed by atoms with Crippen molar-refractivity contribution in [3.8, 4) is 16.9 Å². The minimum absolute atomic E-state index is 0.0282. The molecule has 3 aliphatic heterocycles. The molecule has 10 nitrogen and oxygen atoms in total. The van der Waals surface area contributed by atoms with Crippen LogP contribution in [0.15, 0.2) is 48.8 Å². The Kier molecular flexibility index (Phi) is 6.27. The summed E-state index contributed by atoms with van der Waals surface area (Å²) < 4.78 is 10.7. The molecule has 0 unspecified atom stereocenters. The first kappa shape index (κ1) is 24.4. The number of rotatable bonds is 6. The number of carbonyl (C=O) groups is 2. The monoisotopic (exact) mass is 516 g/mol. The smallest absolute Gasteiger partial charge is 0.326 e. The SMILES string of the molecule is COc1cccc(CN2C(=O)N(c3ccc(-c4cn[nH]c4)c(C)n3)CC23CCN(C(=O)C2COC2)CC3)c1. The highest BCUT2D eigenvalue weighted by molar-refractivity contribution is 5.95. The molecule has 1 spiro atoms. The maximum atomic E-state index is 14.0. The zero-order valence-corrected chi connectivity index (χ0v) is 21.7. The summed E-state index contributed by atoms with van der Waals surface area (Å²) in [7, 11) is 1.64. The molecule has 38 heavy (non-hydrogen) atoms. The number of nitrogens with zero attached hydrogens (tertiary/aromatic N) is 5. The van der Waals surface area contributed by atoms with Gasteiger partial charge < -0.3 is 19.3 Å². The van der Waals surface area contributed by atoms with Gasteiger partial charge in [0.15, 0.2) is 0 Å². The lowest BCUT2D eigenvalue weighted by Crippen LogP contribution is -2.57. The van der Waals surface area contributed by atoms with Crippen molar-refractivity contribution in [1.82, 2.24) is 25.0 Å². The second-order valence-electron chi connectivity index (χ2n) is 10.4. The maximum absolute atomic E-state index is 14.0. The summed E-state index contributed by atoms with van der Waals surface area (Å²) >= 11 is 0. The Morgan fingerprint density at radius 1 is 1.21 bits per heavy atom. The predicted octanol–water partition coefficient (Wildman–Crippen LogP) is 3.24. The number of aromatic amines is 1. The molecule has 198 valence electrons. The predicted molar refractivity (Wildman–Crippen MR) is 141 cm³/mol. The average Bonchev–Trinajstić information content (AvgIpc) is 3.52. The molecule has 0 aliphatic carbocycles. The first-order valence-electron chi connectivity index (χ1n) is 13.0. The molecule has 2 aromatic heterocycles. The van der Waals surface area contributed by atoms with Crippen molar-refractivity contribution in [3.63, 3.8) is 0 Å². The normalized spacial score (nSPS) is 19.2. The first-order chi connectivity index (χ1) is 18.5. The Balaban J connectivity index is 1.28. The van der Waals surface area contributed by atoms with Gasteiger partial charge in [0.05, 0.1) is 44.5 Å². The van der Waals surface area contributed by atoms with Crippen LogP contribution in [0.1, 0.15) is 24.1 Å². The molecule has 3 saturated heterocycles. The van der Waals surface area contributed by atoms with Gasteiger partial charge in [-0.05, 0) is 49.6 Å². The number of nitrogens with one attached hydrogen (secondary N) is 1. The first-order valence-corrected chi connectivity index (χ1v) is 13.0. The number of benzene rings is 1. The van der Waals surface area contributed by atoms with E-state index in [1.807, 2.05) is 59.3 Å². The maximum Gasteiger partial charge on any atom is 0.326 e. The molecule has 3 fully saturated rings. The van der Waals surface area contributed by atoms with Gasteiger partial charge >= 0.3 is 6.03 Å². The molecular formula is C28H32N6O4. The van der Waals surface area contributed by atoms with Crippen molar-refractivity contribution in [2.45, 2.75) is 31.8 Å². The van der Waals surface area contributed by atoms with Gasteiger partial charge in [0, 0.05) is 42.7 Å². The molecule has 6 rings (SSSR count). The minimum Gasteiger partial charge on any atom is -0.497 e. The Labute approximate surface area is 221 Å². The van der Waals surface area contributed by atoms with E-state index in [4.69, 9.17) is 14.5 Å². The van der Waals surface area contributed by atoms with Crippen LogP contribution >= 0.6 is 0 Å². The van der Waals surface area contributed by atoms with E-state index in [0.717, 1.165) is 28.1 Å². The van der Waals surface area contributed by atoms with Crippen molar-refractivity contribution >= 4 is 17.8 Å². The van der Waals surface area contributed by atoms with Crippen molar-refractivity contribution in [2.24, 2.45) is 5.92 Å². The lowest BCUT2D eigenvalue weighted by Gasteiger charge is -2.45. The van der Waals surface area contributed by atoms with Crippen molar-refractivity contribution in [3.05, 3.63) is 60.0 Å². The van der Waals surface area contributed by atoms with Gasteiger partial charge in [-0.2, -0.15) is 5.10 Å². The summed E-state index contributed by atoms with van der Waals surface area (Å²) in [6, 6.07) is 11.7. The molecule has 0 bridgehead atoms. The zero-order chi connectivity index (χ0) is 26.3. The summed E-state index contributed by atoms with van der Waals surface area (Å²) in [6.07, 6.45) is 5.02. The quantitative estimate of drug-likeness (QED) is 0.540. The number of piperidine rings is 1. The number of amides is 3. The topological polar surface area (TPSA) is 104 Å². The van der Waals surface area contributed by atoms with Crippen LogP contribution in [-0.2, 0) is 16.1 Å². The third kappa shape index (κ3) is 4.28. The lowest BCUT2D eigenvalue weighted by molar-refractivity contribution is -0.152. The largest absolute Gasteiger partial charge is 0.497 e. The highest BCUT2D eigenvalue weighted by Crippen LogP contribution is 2.40. The van der Waals surface area contributed by atoms with E-state index in [1.165, 1.54) is 0 Å². The number of pyridine rings is 1. The molecule has 1 aromatic carbocycles. The van der Waals surface area contributed by atoms with Gasteiger partial charge in [-0.15, -0.1) is 0 Å². The van der Waals surface area contributed by atoms with E-state index in [1.54, 1.807) is 18.2 Å². The molecule has 0 saturated carbocycles. The highest BCUT2D eigenvalue weighted by atomic mass is 16.5. The van der Waals surface area contributed by atoms with Crippen LogP contribution in [-0.4, -0.2) is 82.4 Å². The van der Waals surface area contributed by atoms with E-state index in [-0.39, 0.29) is 17.9 Å². The number of aromatic nitrogens is 3. The van der Waals surface area contributed by atoms with E-state index in [0.29, 0.717) is 58.1 Å². The second-order valence-corrected chi connectivity index (χ2v) is 10.4. The molecule has 5 heterocycles. The standard InChI is InChI=1S/C28H32N6O4/c1-19-24(21-13-29-30-14-21)6-7-25(31-19)33-18-28(8-10-32(11-9-28)26(35)22-16-38-17-22)34(27(33)36)15-20-4-3-5-23(12-20)37-2/h3-7,12-14,22H,8-11,15-18H2,1-2H3,(H,29,30). The van der Waals surface area contributed by atoms with E-state index < -0.39 is 5.54 Å². The van der Waals surface area contributed by atoms with E-state index in [9.17, 15) is 9.59 Å². The minimum atomic E-state index is -0.397. The van der Waals surface area contributed by atoms with Crippen molar-refractivity contribution < 1.29 is 19.1 Å². The molecule has 10 heteroatoms. The Morgan fingerprint density at radius 2 is 2.03 bits per heavy atom. The molecule has 3 amide bonds. The number of hydrogen-bond acceptors (Lipinski definition) is 6. The number of H-pyrrole nitrogens is 1. The molecular weight excluding hydrogens is 484 g/mol. The lowest BCUT2D eigenvalue weighted by atomic mass is 9.85. The Hall–Kier alpha value is -3.92. The summed E-state index contributed by atoms with van der Waals surface area (Å²) in [5.74, 6) is 1.53. The fraction of sp³-hybridized carbons (Fsp3) is 0.429. The van der Waals surface area contributed by atoms with Gasteiger partial charge in [-0.1, -0.05) is 12.1 Å². The number of likely N-dealkylation sites (tertiary alicyclic amines) is 1. The highest BCUT2D eigenvalue weighted by Gasteiger charge is 2.52. The number of aryl methyl sites for hydroxylation is 1. The third-order valence-corrected chi connectivity index (χ3v) is 8.11. The molecule has 0 radical (unpaired) electrons. The number of methoxy groups -OCH3 is 1. The van der Waals surface area contributed by atoms with Crippen LogP contribution in [0.2, 0.25) is 0 Å². The zero-order valence-electron chi connectivity index (χ0n) is 21.7. The van der Waals surface area contributed by atoms with Crippen molar-refractivity contribution in [2.75, 3.05) is 44.9 Å². The average molecular weight is 517 g/mol. The summed E-state index contributed by atoms with van der Waals surface area (Å²) in [4.78, 5) is 37.4. The Bertz CT molecular complexity index is 1330. The Morgan fingerprint density at radius 3 is 2.68 bits per heavy atom. The van der Waals surface area contributed by atoms with Gasteiger partial charge in [-0.3, -0.25) is 14.8 Å². The fourth-order valence-electron chi connectivity index (χ4n) is 5.77. The third-order valence-electron chi connectivity index (χ3n) is 8.11. The molecule has 0 atom stereocenters. The van der Waals surface area contributed by atoms with Gasteiger partial charge in [0.2, 0.25) is 5.91 Å². The number of ether oxygens (including phenoxy) is 2. The van der Waals surface area contributed by atoms with Gasteiger partial charge in [0.25, 0.3) is 0 Å². The number of anilines is 1. The number of hydrogen-bond donors (Lipinski definition) is 1. The van der Waals surface area contributed by atoms with E-state index in [2.05, 4.69) is 10.2 Å². The van der Waals surface area contributed by atoms with E-state index >= 15 is 0 Å². The molecule has 3 aromatic rings. The van der Waals surface area contributed by atoms with Gasteiger partial charge in [0.1, 0.15) is 11.6 Å². The fourth-order valence-corrected chi connectivity index (χ4v) is 5.77. The number of urea groups is 1. The van der Waals surface area contributed by atoms with Gasteiger partial charge in [-0.25, -0.2) is 9.78 Å². The summed E-state index contributed by atoms with van der Waals surface area (Å²) in [5, 5.41) is 6.88. The van der Waals surface area contributed by atoms with Crippen LogP contribution in [0.25, 0.3) is 11.1 Å².